The molecule has 1 rings (SSSR count). The molecule has 8 heteroatoms. The fourth-order valence-corrected chi connectivity index (χ4v) is 2.24. The normalized spacial score (nSPS) is 13.0. The number of hydrogen-bond acceptors (Lipinski definition) is 5. The van der Waals surface area contributed by atoms with Crippen molar-refractivity contribution >= 4 is 23.5 Å². The highest BCUT2D eigenvalue weighted by atomic mass is 32.2. The molecule has 0 aliphatic heterocycles. The van der Waals surface area contributed by atoms with Crippen LogP contribution in [0.15, 0.2) is 6.07 Å². The molecule has 1 atom stereocenters. The van der Waals surface area contributed by atoms with Crippen molar-refractivity contribution in [1.82, 2.24) is 9.97 Å². The second-order valence-corrected chi connectivity index (χ2v) is 5.91. The molecule has 0 bridgehead atoms. The van der Waals surface area contributed by atoms with E-state index in [1.165, 1.54) is 0 Å². The van der Waals surface area contributed by atoms with E-state index in [0.29, 0.717) is 6.54 Å². The number of nitrogens with zero attached hydrogens (tertiary/aromatic N) is 2. The van der Waals surface area contributed by atoms with E-state index in [1.807, 2.05) is 20.8 Å². The predicted octanol–water partition coefficient (Wildman–Crippen LogP) is 3.87. The van der Waals surface area contributed by atoms with Gasteiger partial charge in [-0.25, -0.2) is 4.98 Å². The van der Waals surface area contributed by atoms with Crippen LogP contribution in [0, 0.1) is 0 Å². The third kappa shape index (κ3) is 6.41. The summed E-state index contributed by atoms with van der Waals surface area (Å²) in [7, 11) is 0. The predicted molar refractivity (Wildman–Crippen MR) is 81.9 cm³/mol. The number of alkyl halides is 3. The van der Waals surface area contributed by atoms with E-state index < -0.39 is 11.9 Å². The van der Waals surface area contributed by atoms with Gasteiger partial charge in [0, 0.05) is 24.4 Å². The molecule has 0 spiro atoms. The molecule has 0 saturated carbocycles. The van der Waals surface area contributed by atoms with Crippen LogP contribution < -0.4 is 10.6 Å². The summed E-state index contributed by atoms with van der Waals surface area (Å²) >= 11 is 1.72. The summed E-state index contributed by atoms with van der Waals surface area (Å²) in [5.74, 6) is 1.97. The first-order valence-electron chi connectivity index (χ1n) is 6.91. The summed E-state index contributed by atoms with van der Waals surface area (Å²) < 4.78 is 38.6. The van der Waals surface area contributed by atoms with Crippen molar-refractivity contribution in [2.45, 2.75) is 39.4 Å². The molecule has 0 fully saturated rings. The van der Waals surface area contributed by atoms with Gasteiger partial charge in [0.15, 0.2) is 5.69 Å². The van der Waals surface area contributed by atoms with Crippen LogP contribution in [-0.2, 0) is 6.18 Å². The van der Waals surface area contributed by atoms with Crippen LogP contribution in [0.4, 0.5) is 24.9 Å². The van der Waals surface area contributed by atoms with Gasteiger partial charge in [-0.15, -0.1) is 0 Å². The fraction of sp³-hybridized carbons (Fsp3) is 0.692. The van der Waals surface area contributed by atoms with Crippen molar-refractivity contribution < 1.29 is 13.2 Å². The molecular formula is C13H21F3N4S. The Morgan fingerprint density at radius 1 is 1.29 bits per heavy atom. The molecule has 0 aliphatic carbocycles. The molecule has 1 unspecified atom stereocenters. The van der Waals surface area contributed by atoms with Gasteiger partial charge < -0.3 is 10.6 Å². The van der Waals surface area contributed by atoms with E-state index in [1.54, 1.807) is 11.8 Å². The van der Waals surface area contributed by atoms with Gasteiger partial charge in [0.2, 0.25) is 5.95 Å². The van der Waals surface area contributed by atoms with Crippen molar-refractivity contribution in [1.29, 1.82) is 0 Å². The SMILES string of the molecule is CCCNc1nc(NC(C)CSCC)cc(C(F)(F)F)n1. The largest absolute Gasteiger partial charge is 0.433 e. The minimum absolute atomic E-state index is 0.00418. The Morgan fingerprint density at radius 2 is 2.00 bits per heavy atom. The van der Waals surface area contributed by atoms with Crippen LogP contribution in [0.2, 0.25) is 0 Å². The van der Waals surface area contributed by atoms with Crippen LogP contribution in [0.5, 0.6) is 0 Å². The number of aromatic nitrogens is 2. The molecule has 1 aromatic heterocycles. The molecule has 0 saturated heterocycles. The van der Waals surface area contributed by atoms with Crippen molar-refractivity contribution in [3.05, 3.63) is 11.8 Å². The lowest BCUT2D eigenvalue weighted by Gasteiger charge is -2.16. The lowest BCUT2D eigenvalue weighted by molar-refractivity contribution is -0.141. The number of rotatable bonds is 8. The molecule has 1 aromatic rings. The third-order valence-corrected chi connectivity index (χ3v) is 3.66. The summed E-state index contributed by atoms with van der Waals surface area (Å²) in [6.07, 6.45) is -3.70. The average molecular weight is 322 g/mol. The van der Waals surface area contributed by atoms with Gasteiger partial charge in [0.1, 0.15) is 5.82 Å². The molecule has 0 radical (unpaired) electrons. The number of nitrogens with one attached hydrogen (secondary N) is 2. The second-order valence-electron chi connectivity index (χ2n) is 4.59. The maximum Gasteiger partial charge on any atom is 0.433 e. The zero-order valence-corrected chi connectivity index (χ0v) is 13.2. The Kier molecular flexibility index (Phi) is 7.07. The Morgan fingerprint density at radius 3 is 2.57 bits per heavy atom. The molecular weight excluding hydrogens is 301 g/mol. The molecule has 1 heterocycles. The Balaban J connectivity index is 2.90. The minimum Gasteiger partial charge on any atom is -0.367 e. The topological polar surface area (TPSA) is 49.8 Å². The van der Waals surface area contributed by atoms with Crippen LogP contribution in [0.25, 0.3) is 0 Å². The van der Waals surface area contributed by atoms with E-state index in [9.17, 15) is 13.2 Å². The van der Waals surface area contributed by atoms with Gasteiger partial charge in [-0.3, -0.25) is 0 Å². The van der Waals surface area contributed by atoms with Gasteiger partial charge in [-0.2, -0.15) is 29.9 Å². The van der Waals surface area contributed by atoms with E-state index in [0.717, 1.165) is 24.0 Å². The van der Waals surface area contributed by atoms with Crippen LogP contribution >= 0.6 is 11.8 Å². The van der Waals surface area contributed by atoms with E-state index in [4.69, 9.17) is 0 Å². The maximum absolute atomic E-state index is 12.9. The number of halogens is 3. The highest BCUT2D eigenvalue weighted by Gasteiger charge is 2.33. The summed E-state index contributed by atoms with van der Waals surface area (Å²) in [5.41, 5.74) is -0.936. The van der Waals surface area contributed by atoms with Crippen molar-refractivity contribution in [3.63, 3.8) is 0 Å². The zero-order valence-electron chi connectivity index (χ0n) is 12.4. The first-order chi connectivity index (χ1) is 9.86. The lowest BCUT2D eigenvalue weighted by Crippen LogP contribution is -2.21. The van der Waals surface area contributed by atoms with Gasteiger partial charge >= 0.3 is 6.18 Å². The molecule has 4 nitrogen and oxygen atoms in total. The zero-order chi connectivity index (χ0) is 15.9. The molecule has 2 N–H and O–H groups in total. The number of thioether (sulfide) groups is 1. The van der Waals surface area contributed by atoms with Gasteiger partial charge in [-0.1, -0.05) is 13.8 Å². The molecule has 0 amide bonds. The Hall–Kier alpha value is -1.18. The van der Waals surface area contributed by atoms with Gasteiger partial charge in [0.05, 0.1) is 0 Å². The highest BCUT2D eigenvalue weighted by molar-refractivity contribution is 7.99. The molecule has 0 aromatic carbocycles. The highest BCUT2D eigenvalue weighted by Crippen LogP contribution is 2.29. The van der Waals surface area contributed by atoms with Crippen molar-refractivity contribution in [2.75, 3.05) is 28.7 Å². The van der Waals surface area contributed by atoms with Crippen LogP contribution in [0.1, 0.15) is 32.9 Å². The first-order valence-corrected chi connectivity index (χ1v) is 8.06. The maximum atomic E-state index is 12.9. The summed E-state index contributed by atoms with van der Waals surface area (Å²) in [6.45, 7) is 6.40. The summed E-state index contributed by atoms with van der Waals surface area (Å²) in [5, 5.41) is 5.79. The van der Waals surface area contributed by atoms with Gasteiger partial charge in [0.25, 0.3) is 0 Å². The molecule has 120 valence electrons. The Labute approximate surface area is 127 Å². The summed E-state index contributed by atoms with van der Waals surface area (Å²) in [4.78, 5) is 7.61. The summed E-state index contributed by atoms with van der Waals surface area (Å²) in [6, 6.07) is 0.981. The quantitative estimate of drug-likeness (QED) is 0.761. The van der Waals surface area contributed by atoms with Crippen molar-refractivity contribution in [2.24, 2.45) is 0 Å². The lowest BCUT2D eigenvalue weighted by atomic mass is 10.3. The monoisotopic (exact) mass is 322 g/mol. The van der Waals surface area contributed by atoms with Crippen LogP contribution in [0.3, 0.4) is 0 Å². The first kappa shape index (κ1) is 17.9. The van der Waals surface area contributed by atoms with E-state index in [2.05, 4.69) is 20.6 Å². The van der Waals surface area contributed by atoms with E-state index >= 15 is 0 Å². The number of anilines is 2. The van der Waals surface area contributed by atoms with Crippen molar-refractivity contribution in [3.8, 4) is 0 Å². The van der Waals surface area contributed by atoms with E-state index in [-0.39, 0.29) is 17.8 Å². The smallest absolute Gasteiger partial charge is 0.367 e. The molecule has 21 heavy (non-hydrogen) atoms. The Bertz CT molecular complexity index is 440. The third-order valence-electron chi connectivity index (χ3n) is 2.52. The standard InChI is InChI=1S/C13H21F3N4S/c1-4-6-17-12-19-10(13(14,15)16)7-11(20-12)18-9(3)8-21-5-2/h7,9H,4-6,8H2,1-3H3,(H2,17,18,19,20). The van der Waals surface area contributed by atoms with Crippen LogP contribution in [-0.4, -0.2) is 34.1 Å². The average Bonchev–Trinajstić information content (AvgIpc) is 2.41. The minimum atomic E-state index is -4.48. The fourth-order valence-electron chi connectivity index (χ4n) is 1.57. The van der Waals surface area contributed by atoms with Gasteiger partial charge in [-0.05, 0) is 19.1 Å². The number of hydrogen-bond donors (Lipinski definition) is 2. The molecule has 0 aliphatic rings. The second kappa shape index (κ2) is 8.31.